The standard InChI is InChI=1S/C21H22Cl2N4O3S/c1-21(2,3)30-19(29)15-17(24-18(28)13-11-14(22)31-16(13)23)25-20(26(4)5)27(15)12-9-7-6-8-10-12/h6-11H,1-5H3,(H,24,28). The average Bonchev–Trinajstić information content (AvgIpc) is 3.21. The largest absolute Gasteiger partial charge is 0.455 e. The van der Waals surface area contributed by atoms with Crippen LogP contribution in [-0.4, -0.2) is 41.1 Å². The van der Waals surface area contributed by atoms with Crippen molar-refractivity contribution in [2.24, 2.45) is 0 Å². The third-order valence-electron chi connectivity index (χ3n) is 4.00. The highest BCUT2D eigenvalue weighted by Crippen LogP contribution is 2.33. The minimum absolute atomic E-state index is 0.0604. The number of hydrogen-bond donors (Lipinski definition) is 1. The van der Waals surface area contributed by atoms with Gasteiger partial charge in [0.2, 0.25) is 5.95 Å². The maximum absolute atomic E-state index is 13.2. The lowest BCUT2D eigenvalue weighted by Gasteiger charge is -2.21. The Bertz CT molecular complexity index is 1120. The zero-order chi connectivity index (χ0) is 22.9. The number of halogens is 2. The monoisotopic (exact) mass is 480 g/mol. The molecule has 164 valence electrons. The van der Waals surface area contributed by atoms with Gasteiger partial charge in [0.15, 0.2) is 11.5 Å². The molecule has 3 aromatic rings. The van der Waals surface area contributed by atoms with Gasteiger partial charge in [-0.3, -0.25) is 9.36 Å². The number of amides is 1. The highest BCUT2D eigenvalue weighted by Gasteiger charge is 2.31. The number of ether oxygens (including phenoxy) is 1. The van der Waals surface area contributed by atoms with Crippen LogP contribution in [0.15, 0.2) is 36.4 Å². The second-order valence-corrected chi connectivity index (χ2v) is 10.2. The molecule has 0 radical (unpaired) electrons. The van der Waals surface area contributed by atoms with Crippen molar-refractivity contribution in [3.05, 3.63) is 56.3 Å². The summed E-state index contributed by atoms with van der Waals surface area (Å²) in [5.41, 5.74) is 0.242. The summed E-state index contributed by atoms with van der Waals surface area (Å²) in [5.74, 6) is -0.648. The normalized spacial score (nSPS) is 11.3. The molecule has 0 fully saturated rings. The van der Waals surface area contributed by atoms with Crippen molar-refractivity contribution in [2.75, 3.05) is 24.3 Å². The van der Waals surface area contributed by atoms with Crippen LogP contribution in [0.25, 0.3) is 5.69 Å². The quantitative estimate of drug-likeness (QED) is 0.486. The molecule has 0 spiro atoms. The van der Waals surface area contributed by atoms with Gasteiger partial charge in [-0.25, -0.2) is 4.79 Å². The summed E-state index contributed by atoms with van der Waals surface area (Å²) in [6.45, 7) is 5.31. The molecule has 1 aromatic carbocycles. The molecule has 10 heteroatoms. The third-order valence-corrected chi connectivity index (χ3v) is 5.49. The second kappa shape index (κ2) is 8.90. The Morgan fingerprint density at radius 3 is 2.32 bits per heavy atom. The molecule has 0 saturated heterocycles. The van der Waals surface area contributed by atoms with Gasteiger partial charge in [0.05, 0.1) is 9.90 Å². The van der Waals surface area contributed by atoms with E-state index in [4.69, 9.17) is 27.9 Å². The molecule has 0 atom stereocenters. The highest BCUT2D eigenvalue weighted by atomic mass is 35.5. The van der Waals surface area contributed by atoms with Gasteiger partial charge in [0.1, 0.15) is 9.94 Å². The number of anilines is 2. The van der Waals surface area contributed by atoms with E-state index in [0.717, 1.165) is 11.3 Å². The van der Waals surface area contributed by atoms with E-state index in [-0.39, 0.29) is 21.4 Å². The fourth-order valence-corrected chi connectivity index (χ4v) is 4.26. The molecular formula is C21H22Cl2N4O3S. The van der Waals surface area contributed by atoms with Gasteiger partial charge in [-0.05, 0) is 39.0 Å². The van der Waals surface area contributed by atoms with E-state index in [0.29, 0.717) is 16.0 Å². The lowest BCUT2D eigenvalue weighted by Crippen LogP contribution is -2.27. The number of nitrogens with zero attached hydrogens (tertiary/aromatic N) is 3. The van der Waals surface area contributed by atoms with Gasteiger partial charge in [-0.2, -0.15) is 4.98 Å². The lowest BCUT2D eigenvalue weighted by atomic mass is 10.2. The summed E-state index contributed by atoms with van der Waals surface area (Å²) in [4.78, 5) is 32.3. The maximum Gasteiger partial charge on any atom is 0.359 e. The third kappa shape index (κ3) is 5.20. The van der Waals surface area contributed by atoms with Crippen LogP contribution in [-0.2, 0) is 4.74 Å². The Morgan fingerprint density at radius 2 is 1.81 bits per heavy atom. The predicted octanol–water partition coefficient (Wildman–Crippen LogP) is 5.51. The highest BCUT2D eigenvalue weighted by molar-refractivity contribution is 7.20. The molecule has 1 amide bonds. The van der Waals surface area contributed by atoms with Gasteiger partial charge in [-0.1, -0.05) is 41.4 Å². The summed E-state index contributed by atoms with van der Waals surface area (Å²) in [6.07, 6.45) is 0. The first kappa shape index (κ1) is 23.1. The number of carbonyl (C=O) groups excluding carboxylic acids is 2. The maximum atomic E-state index is 13.2. The first-order chi connectivity index (χ1) is 14.5. The van der Waals surface area contributed by atoms with Crippen LogP contribution in [0, 0.1) is 0 Å². The smallest absolute Gasteiger partial charge is 0.359 e. The van der Waals surface area contributed by atoms with Crippen molar-refractivity contribution in [1.29, 1.82) is 0 Å². The molecule has 0 saturated carbocycles. The van der Waals surface area contributed by atoms with E-state index in [1.165, 1.54) is 6.07 Å². The Balaban J connectivity index is 2.16. The number of rotatable bonds is 5. The van der Waals surface area contributed by atoms with Crippen molar-refractivity contribution in [1.82, 2.24) is 9.55 Å². The molecule has 0 aliphatic heterocycles. The van der Waals surface area contributed by atoms with E-state index >= 15 is 0 Å². The van der Waals surface area contributed by atoms with Crippen LogP contribution in [0.1, 0.15) is 41.6 Å². The number of thiophene rings is 1. The number of aromatic nitrogens is 2. The molecule has 3 rings (SSSR count). The molecule has 31 heavy (non-hydrogen) atoms. The average molecular weight is 481 g/mol. The van der Waals surface area contributed by atoms with Crippen molar-refractivity contribution < 1.29 is 14.3 Å². The van der Waals surface area contributed by atoms with Gasteiger partial charge in [-0.15, -0.1) is 11.3 Å². The first-order valence-electron chi connectivity index (χ1n) is 9.33. The van der Waals surface area contributed by atoms with Gasteiger partial charge in [0.25, 0.3) is 5.91 Å². The molecule has 0 bridgehead atoms. The lowest BCUT2D eigenvalue weighted by molar-refractivity contribution is 0.00619. The fourth-order valence-electron chi connectivity index (χ4n) is 2.80. The summed E-state index contributed by atoms with van der Waals surface area (Å²) < 4.78 is 7.89. The zero-order valence-electron chi connectivity index (χ0n) is 17.7. The fraction of sp³-hybridized carbons (Fsp3) is 0.286. The summed E-state index contributed by atoms with van der Waals surface area (Å²) in [6, 6.07) is 10.7. The number of para-hydroxylation sites is 1. The number of esters is 1. The van der Waals surface area contributed by atoms with Crippen LogP contribution in [0.5, 0.6) is 0 Å². The van der Waals surface area contributed by atoms with Gasteiger partial charge in [0, 0.05) is 19.8 Å². The van der Waals surface area contributed by atoms with Crippen LogP contribution >= 0.6 is 34.5 Å². The summed E-state index contributed by atoms with van der Waals surface area (Å²) in [5, 5.41) is 2.70. The van der Waals surface area contributed by atoms with Crippen molar-refractivity contribution >= 4 is 58.2 Å². The molecular weight excluding hydrogens is 459 g/mol. The molecule has 7 nitrogen and oxygen atoms in total. The minimum Gasteiger partial charge on any atom is -0.455 e. The number of imidazole rings is 1. The van der Waals surface area contributed by atoms with E-state index in [1.54, 1.807) is 44.3 Å². The van der Waals surface area contributed by atoms with Crippen LogP contribution in [0.3, 0.4) is 0 Å². The molecule has 0 aliphatic carbocycles. The number of nitrogens with one attached hydrogen (secondary N) is 1. The summed E-state index contributed by atoms with van der Waals surface area (Å²) in [7, 11) is 3.59. The summed E-state index contributed by atoms with van der Waals surface area (Å²) >= 11 is 13.2. The van der Waals surface area contributed by atoms with Crippen LogP contribution in [0.2, 0.25) is 8.67 Å². The van der Waals surface area contributed by atoms with Crippen molar-refractivity contribution in [3.8, 4) is 5.69 Å². The van der Waals surface area contributed by atoms with Crippen LogP contribution in [0.4, 0.5) is 11.8 Å². The molecule has 2 aromatic heterocycles. The topological polar surface area (TPSA) is 76.5 Å². The van der Waals surface area contributed by atoms with E-state index < -0.39 is 17.5 Å². The minimum atomic E-state index is -0.743. The molecule has 0 aliphatic rings. The number of benzene rings is 1. The Labute approximate surface area is 194 Å². The predicted molar refractivity (Wildman–Crippen MR) is 125 cm³/mol. The number of hydrogen-bond acceptors (Lipinski definition) is 6. The molecule has 1 N–H and O–H groups in total. The Morgan fingerprint density at radius 1 is 1.16 bits per heavy atom. The Hall–Kier alpha value is -2.55. The Kier molecular flexibility index (Phi) is 6.64. The zero-order valence-corrected chi connectivity index (χ0v) is 20.0. The van der Waals surface area contributed by atoms with E-state index in [1.807, 2.05) is 30.3 Å². The first-order valence-corrected chi connectivity index (χ1v) is 10.9. The van der Waals surface area contributed by atoms with E-state index in [2.05, 4.69) is 10.3 Å². The van der Waals surface area contributed by atoms with Crippen molar-refractivity contribution in [2.45, 2.75) is 26.4 Å². The van der Waals surface area contributed by atoms with Crippen molar-refractivity contribution in [3.63, 3.8) is 0 Å². The van der Waals surface area contributed by atoms with Crippen LogP contribution < -0.4 is 10.2 Å². The number of carbonyl (C=O) groups is 2. The second-order valence-electron chi connectivity index (χ2n) is 7.87. The van der Waals surface area contributed by atoms with Gasteiger partial charge < -0.3 is 15.0 Å². The molecule has 2 heterocycles. The SMILES string of the molecule is CN(C)c1nc(NC(=O)c2cc(Cl)sc2Cl)c(C(=O)OC(C)(C)C)n1-c1ccccc1. The van der Waals surface area contributed by atoms with Gasteiger partial charge >= 0.3 is 5.97 Å². The molecule has 0 unspecified atom stereocenters. The van der Waals surface area contributed by atoms with E-state index in [9.17, 15) is 9.59 Å².